The zero-order chi connectivity index (χ0) is 21.2. The lowest BCUT2D eigenvalue weighted by atomic mass is 10.1. The summed E-state index contributed by atoms with van der Waals surface area (Å²) in [4.78, 5) is 25.0. The molecule has 0 unspecified atom stereocenters. The Bertz CT molecular complexity index is 1140. The van der Waals surface area contributed by atoms with Crippen LogP contribution in [-0.4, -0.2) is 17.3 Å². The predicted octanol–water partition coefficient (Wildman–Crippen LogP) is 2.80. The minimum Gasteiger partial charge on any atom is -0.488 e. The van der Waals surface area contributed by atoms with E-state index in [1.54, 1.807) is 42.5 Å². The number of hydrogen-bond donors (Lipinski definition) is 3. The first kappa shape index (κ1) is 19.9. The Labute approximate surface area is 167 Å². The summed E-state index contributed by atoms with van der Waals surface area (Å²) in [6, 6.07) is 12.8. The van der Waals surface area contributed by atoms with Crippen LogP contribution >= 0.6 is 0 Å². The van der Waals surface area contributed by atoms with E-state index in [1.165, 1.54) is 6.07 Å². The van der Waals surface area contributed by atoms with Crippen LogP contribution in [0, 0.1) is 0 Å². The van der Waals surface area contributed by atoms with Gasteiger partial charge in [0, 0.05) is 11.6 Å². The van der Waals surface area contributed by atoms with Gasteiger partial charge in [0.1, 0.15) is 11.4 Å². The molecule has 0 bridgehead atoms. The van der Waals surface area contributed by atoms with E-state index in [4.69, 9.17) is 20.7 Å². The zero-order valence-electron chi connectivity index (χ0n) is 16.4. The van der Waals surface area contributed by atoms with Crippen molar-refractivity contribution in [3.8, 4) is 5.75 Å². The number of hydrazone groups is 1. The van der Waals surface area contributed by atoms with Crippen molar-refractivity contribution in [2.45, 2.75) is 26.4 Å². The molecule has 0 saturated heterocycles. The van der Waals surface area contributed by atoms with Gasteiger partial charge >= 0.3 is 0 Å². The average molecular weight is 394 g/mol. The van der Waals surface area contributed by atoms with Crippen LogP contribution in [0.25, 0.3) is 11.0 Å². The van der Waals surface area contributed by atoms with Gasteiger partial charge in [-0.05, 0) is 57.2 Å². The first-order valence-electron chi connectivity index (χ1n) is 8.89. The van der Waals surface area contributed by atoms with E-state index in [2.05, 4.69) is 10.4 Å². The van der Waals surface area contributed by atoms with E-state index in [9.17, 15) is 9.59 Å². The highest BCUT2D eigenvalue weighted by Crippen LogP contribution is 2.24. The molecular formula is C21H22N4O4. The van der Waals surface area contributed by atoms with Gasteiger partial charge in [-0.2, -0.15) is 5.10 Å². The maximum Gasteiger partial charge on any atom is 0.255 e. The lowest BCUT2D eigenvalue weighted by molar-refractivity contribution is 0.102. The smallest absolute Gasteiger partial charge is 0.255 e. The third-order valence-electron chi connectivity index (χ3n) is 3.93. The van der Waals surface area contributed by atoms with E-state index >= 15 is 0 Å². The van der Waals surface area contributed by atoms with Gasteiger partial charge in [-0.3, -0.25) is 9.59 Å². The fourth-order valence-electron chi connectivity index (χ4n) is 2.69. The molecule has 0 fully saturated rings. The molecule has 1 heterocycles. The molecule has 5 N–H and O–H groups in total. The predicted molar refractivity (Wildman–Crippen MR) is 112 cm³/mol. The topological polar surface area (TPSA) is 133 Å². The zero-order valence-corrected chi connectivity index (χ0v) is 16.4. The number of amidine groups is 1. The van der Waals surface area contributed by atoms with Gasteiger partial charge in [0.25, 0.3) is 5.91 Å². The molecule has 0 spiro atoms. The molecule has 0 aliphatic rings. The summed E-state index contributed by atoms with van der Waals surface area (Å²) >= 11 is 0. The third-order valence-corrected chi connectivity index (χ3v) is 3.93. The first-order valence-corrected chi connectivity index (χ1v) is 8.89. The van der Waals surface area contributed by atoms with Gasteiger partial charge in [-0.1, -0.05) is 6.07 Å². The molecule has 0 atom stereocenters. The van der Waals surface area contributed by atoms with Crippen molar-refractivity contribution in [1.82, 2.24) is 0 Å². The van der Waals surface area contributed by atoms with Crippen LogP contribution in [-0.2, 0) is 0 Å². The second-order valence-corrected chi connectivity index (χ2v) is 7.36. The second kappa shape index (κ2) is 7.67. The molecule has 0 radical (unpaired) electrons. The van der Waals surface area contributed by atoms with E-state index < -0.39 is 0 Å². The Morgan fingerprint density at radius 3 is 2.45 bits per heavy atom. The number of anilines is 1. The summed E-state index contributed by atoms with van der Waals surface area (Å²) in [5, 5.41) is 6.39. The molecule has 8 nitrogen and oxygen atoms in total. The quantitative estimate of drug-likeness (QED) is 0.270. The molecule has 0 aliphatic carbocycles. The Hall–Kier alpha value is -3.81. The standard InChI is InChI=1S/C21H22N4O4/c1-21(2,3)29-13-9-7-12(8-10-13)20(27)24-15-6-4-5-14-16(26)11-17(19(22)25-23)28-18(14)15/h4-11H,23H2,1-3H3,(H2,22,25)(H,24,27). The highest BCUT2D eigenvalue weighted by atomic mass is 16.5. The van der Waals surface area contributed by atoms with E-state index in [-0.39, 0.29) is 34.1 Å². The molecule has 29 heavy (non-hydrogen) atoms. The molecule has 8 heteroatoms. The summed E-state index contributed by atoms with van der Waals surface area (Å²) in [7, 11) is 0. The number of carbonyl (C=O) groups is 1. The van der Waals surface area contributed by atoms with Crippen molar-refractivity contribution in [3.63, 3.8) is 0 Å². The van der Waals surface area contributed by atoms with Crippen LogP contribution < -0.4 is 27.1 Å². The number of amides is 1. The van der Waals surface area contributed by atoms with Crippen LogP contribution in [0.4, 0.5) is 5.69 Å². The number of nitrogens with two attached hydrogens (primary N) is 2. The molecule has 2 aromatic carbocycles. The molecule has 150 valence electrons. The number of fused-ring (bicyclic) bond motifs is 1. The second-order valence-electron chi connectivity index (χ2n) is 7.36. The van der Waals surface area contributed by atoms with Crippen molar-refractivity contribution < 1.29 is 13.9 Å². The van der Waals surface area contributed by atoms with Crippen LogP contribution in [0.2, 0.25) is 0 Å². The summed E-state index contributed by atoms with van der Waals surface area (Å²) < 4.78 is 11.4. The minimum absolute atomic E-state index is 0.0235. The van der Waals surface area contributed by atoms with E-state index in [0.717, 1.165) is 0 Å². The molecule has 1 amide bonds. The van der Waals surface area contributed by atoms with Crippen molar-refractivity contribution in [3.05, 3.63) is 70.1 Å². The molecule has 3 rings (SSSR count). The van der Waals surface area contributed by atoms with Crippen LogP contribution in [0.1, 0.15) is 36.9 Å². The van der Waals surface area contributed by atoms with Gasteiger partial charge in [-0.15, -0.1) is 0 Å². The lowest BCUT2D eigenvalue weighted by Gasteiger charge is -2.21. The Balaban J connectivity index is 1.92. The number of ether oxygens (including phenoxy) is 1. The van der Waals surface area contributed by atoms with Gasteiger partial charge in [-0.25, -0.2) is 0 Å². The number of para-hydroxylation sites is 1. The third kappa shape index (κ3) is 4.55. The van der Waals surface area contributed by atoms with Crippen LogP contribution in [0.15, 0.2) is 62.8 Å². The first-order chi connectivity index (χ1) is 13.7. The summed E-state index contributed by atoms with van der Waals surface area (Å²) in [5.74, 6) is 5.35. The summed E-state index contributed by atoms with van der Waals surface area (Å²) in [6.45, 7) is 5.83. The molecule has 1 aromatic heterocycles. The molecule has 3 aromatic rings. The van der Waals surface area contributed by atoms with Crippen LogP contribution in [0.5, 0.6) is 5.75 Å². The summed E-state index contributed by atoms with van der Waals surface area (Å²) in [5.41, 5.74) is 5.91. The van der Waals surface area contributed by atoms with Gasteiger partial charge in [0.2, 0.25) is 0 Å². The highest BCUT2D eigenvalue weighted by Gasteiger charge is 2.15. The Morgan fingerprint density at radius 1 is 1.14 bits per heavy atom. The number of nitrogens with zero attached hydrogens (tertiary/aromatic N) is 1. The van der Waals surface area contributed by atoms with E-state index in [1.807, 2.05) is 20.8 Å². The maximum atomic E-state index is 12.7. The van der Waals surface area contributed by atoms with Crippen molar-refractivity contribution in [1.29, 1.82) is 0 Å². The number of hydrogen-bond acceptors (Lipinski definition) is 6. The largest absolute Gasteiger partial charge is 0.488 e. The summed E-state index contributed by atoms with van der Waals surface area (Å²) in [6.07, 6.45) is 0. The molecule has 0 saturated carbocycles. The number of carbonyl (C=O) groups excluding carboxylic acids is 1. The maximum absolute atomic E-state index is 12.7. The van der Waals surface area contributed by atoms with E-state index in [0.29, 0.717) is 22.4 Å². The van der Waals surface area contributed by atoms with Crippen molar-refractivity contribution >= 4 is 28.4 Å². The van der Waals surface area contributed by atoms with Crippen molar-refractivity contribution in [2.75, 3.05) is 5.32 Å². The van der Waals surface area contributed by atoms with Crippen molar-refractivity contribution in [2.24, 2.45) is 16.7 Å². The monoisotopic (exact) mass is 394 g/mol. The number of benzene rings is 2. The fourth-order valence-corrected chi connectivity index (χ4v) is 2.69. The molecule has 0 aliphatic heterocycles. The fraction of sp³-hybridized carbons (Fsp3) is 0.190. The van der Waals surface area contributed by atoms with Gasteiger partial charge in [0.05, 0.1) is 11.1 Å². The minimum atomic E-state index is -0.367. The van der Waals surface area contributed by atoms with Gasteiger partial charge < -0.3 is 26.0 Å². The SMILES string of the molecule is CC(C)(C)Oc1ccc(C(=O)Nc2cccc3c(=O)cc(C(N)=NN)oc23)cc1. The van der Waals surface area contributed by atoms with Crippen LogP contribution in [0.3, 0.4) is 0 Å². The lowest BCUT2D eigenvalue weighted by Crippen LogP contribution is -2.23. The normalized spacial score (nSPS) is 12.0. The Morgan fingerprint density at radius 2 is 1.83 bits per heavy atom. The highest BCUT2D eigenvalue weighted by molar-refractivity contribution is 6.08. The molecular weight excluding hydrogens is 372 g/mol. The number of nitrogens with one attached hydrogen (secondary N) is 1. The number of rotatable bonds is 4. The average Bonchev–Trinajstić information content (AvgIpc) is 2.67. The Kier molecular flexibility index (Phi) is 5.27. The van der Waals surface area contributed by atoms with Gasteiger partial charge in [0.15, 0.2) is 22.6 Å².